The van der Waals surface area contributed by atoms with Crippen LogP contribution in [0.25, 0.3) is 11.4 Å². The molecule has 3 aliphatic heterocycles. The average Bonchev–Trinajstić information content (AvgIpc) is 3.75. The Balaban J connectivity index is 1.27. The molecule has 0 spiro atoms. The van der Waals surface area contributed by atoms with Gasteiger partial charge in [0, 0.05) is 23.0 Å². The van der Waals surface area contributed by atoms with E-state index in [1.807, 2.05) is 16.8 Å². The molecule has 4 aliphatic rings. The molecule has 5 heterocycles. The molecule has 221 valence electrons. The van der Waals surface area contributed by atoms with Gasteiger partial charge in [0.25, 0.3) is 5.84 Å². The lowest BCUT2D eigenvalue weighted by atomic mass is 9.86. The lowest BCUT2D eigenvalue weighted by molar-refractivity contribution is -0.568. The van der Waals surface area contributed by atoms with Crippen molar-refractivity contribution in [3.05, 3.63) is 77.4 Å². The Bertz CT molecular complexity index is 1600. The number of hydrogen-bond acceptors (Lipinski definition) is 4. The number of ether oxygens (including phenoxy) is 1. The Morgan fingerprint density at radius 1 is 1.07 bits per heavy atom. The molecule has 2 fully saturated rings. The number of carbonyl (C=O) groups is 1. The lowest BCUT2D eigenvalue weighted by Crippen LogP contribution is -2.48. The number of amidine groups is 1. The number of benzene rings is 1. The molecule has 1 amide bonds. The third kappa shape index (κ3) is 5.58. The zero-order chi connectivity index (χ0) is 29.5. The van der Waals surface area contributed by atoms with Crippen molar-refractivity contribution >= 4 is 42.2 Å². The molecule has 0 bridgehead atoms. The Kier molecular flexibility index (Phi) is 7.73. The summed E-state index contributed by atoms with van der Waals surface area (Å²) in [4.78, 5) is 14.1. The van der Waals surface area contributed by atoms with Crippen LogP contribution in [0.1, 0.15) is 62.9 Å². The molecule has 1 saturated heterocycles. The number of carbonyl (C=O) groups excluding carboxylic acids is 1. The highest BCUT2D eigenvalue weighted by Gasteiger charge is 2.41. The maximum absolute atomic E-state index is 11.9. The number of nitrogens with zero attached hydrogens (tertiary/aromatic N) is 6. The Labute approximate surface area is 258 Å². The van der Waals surface area contributed by atoms with Crippen molar-refractivity contribution in [1.82, 2.24) is 24.3 Å². The second kappa shape index (κ2) is 11.8. The number of morpholine rings is 1. The van der Waals surface area contributed by atoms with Gasteiger partial charge in [0.05, 0.1) is 24.1 Å². The number of anilines is 1. The largest absolute Gasteiger partial charge is 0.553 e. The van der Waals surface area contributed by atoms with Crippen LogP contribution in [-0.2, 0) is 16.0 Å². The molecule has 1 aliphatic carbocycles. The summed E-state index contributed by atoms with van der Waals surface area (Å²) in [6.07, 6.45) is 14.3. The summed E-state index contributed by atoms with van der Waals surface area (Å²) in [5, 5.41) is 12.0. The number of nitrogens with one attached hydrogen (secondary N) is 1. The molecule has 1 saturated carbocycles. The van der Waals surface area contributed by atoms with Crippen molar-refractivity contribution in [2.45, 2.75) is 64.6 Å². The normalized spacial score (nSPS) is 22.1. The first-order chi connectivity index (χ1) is 21.0. The van der Waals surface area contributed by atoms with E-state index in [0.29, 0.717) is 11.6 Å². The van der Waals surface area contributed by atoms with Gasteiger partial charge in [-0.25, -0.2) is 4.68 Å². The van der Waals surface area contributed by atoms with Gasteiger partial charge in [-0.3, -0.25) is 14.2 Å². The third-order valence-corrected chi connectivity index (χ3v) is 9.10. The molecule has 11 heteroatoms. The van der Waals surface area contributed by atoms with Crippen molar-refractivity contribution in [1.29, 1.82) is 0 Å². The van der Waals surface area contributed by atoms with Crippen LogP contribution < -0.4 is 5.32 Å². The molecule has 1 N–H and O–H groups in total. The minimum atomic E-state index is -0.226. The van der Waals surface area contributed by atoms with E-state index in [4.69, 9.17) is 16.3 Å². The molecule has 2 unspecified atom stereocenters. The van der Waals surface area contributed by atoms with Crippen LogP contribution >= 0.6 is 11.6 Å². The Hall–Kier alpha value is -3.63. The molecule has 2 atom stereocenters. The summed E-state index contributed by atoms with van der Waals surface area (Å²) in [6, 6.07) is 12.2. The van der Waals surface area contributed by atoms with Gasteiger partial charge >= 0.3 is 7.55 Å². The van der Waals surface area contributed by atoms with Crippen LogP contribution in [0.15, 0.2) is 60.4 Å². The highest BCUT2D eigenvalue weighted by molar-refractivity contribution is 6.40. The van der Waals surface area contributed by atoms with Crippen molar-refractivity contribution in [3.8, 4) is 5.82 Å². The van der Waals surface area contributed by atoms with Crippen LogP contribution in [0.5, 0.6) is 0 Å². The van der Waals surface area contributed by atoms with Gasteiger partial charge in [-0.1, -0.05) is 49.5 Å². The van der Waals surface area contributed by atoms with Gasteiger partial charge in [0.15, 0.2) is 0 Å². The number of amides is 1. The predicted molar refractivity (Wildman–Crippen MR) is 169 cm³/mol. The second-order valence-corrected chi connectivity index (χ2v) is 12.4. The quantitative estimate of drug-likeness (QED) is 0.255. The first-order valence-corrected chi connectivity index (χ1v) is 15.9. The molecule has 43 heavy (non-hydrogen) atoms. The molecular weight excluding hydrogens is 561 g/mol. The number of aromatic nitrogens is 4. The number of halogens is 1. The van der Waals surface area contributed by atoms with Crippen molar-refractivity contribution in [3.63, 3.8) is 0 Å². The van der Waals surface area contributed by atoms with Crippen LogP contribution in [-0.4, -0.2) is 79.3 Å². The van der Waals surface area contributed by atoms with E-state index >= 15 is 0 Å². The van der Waals surface area contributed by atoms with Crippen LogP contribution in [0.3, 0.4) is 0 Å². The summed E-state index contributed by atoms with van der Waals surface area (Å²) >= 11 is 5.71. The Morgan fingerprint density at radius 3 is 2.58 bits per heavy atom. The molecule has 9 nitrogen and oxygen atoms in total. The SMILES string of the molecule is CC1C[N+](=C2C=CC3=C(c4ccc(NC(=O)CCl)cc4)c4ccc(-n5cc(CC6CCCCC6)nn5)n4[B]N32)CC(C)O1. The number of fused-ring (bicyclic) bond motifs is 2. The van der Waals surface area contributed by atoms with Gasteiger partial charge in [-0.2, -0.15) is 0 Å². The van der Waals surface area contributed by atoms with Crippen molar-refractivity contribution < 1.29 is 14.1 Å². The number of allylic oxidation sites excluding steroid dienone is 1. The van der Waals surface area contributed by atoms with Gasteiger partial charge in [0.2, 0.25) is 5.91 Å². The summed E-state index contributed by atoms with van der Waals surface area (Å²) in [5.41, 5.74) is 6.09. The standard InChI is InChI=1S/C32H36BClN7O2/c1-21-18-38(19-22(2)43-21)30-14-12-27-32(24-8-10-25(11-9-24)35-29(42)17-34)28-13-15-31(41(28)33-40(27)30)39-20-26(36-37-39)16-23-6-4-3-5-7-23/h8-15,20-23H,3-7,16-19H2,1-2H3/p+1. The first kappa shape index (κ1) is 28.2. The van der Waals surface area contributed by atoms with Gasteiger partial charge in [0.1, 0.15) is 30.5 Å². The number of hydrogen-bond donors (Lipinski definition) is 1. The first-order valence-electron chi connectivity index (χ1n) is 15.4. The van der Waals surface area contributed by atoms with E-state index in [-0.39, 0.29) is 24.0 Å². The number of rotatable bonds is 6. The molecule has 7 rings (SSSR count). The average molecular weight is 598 g/mol. The van der Waals surface area contributed by atoms with E-state index in [1.54, 1.807) is 0 Å². The zero-order valence-electron chi connectivity index (χ0n) is 24.7. The van der Waals surface area contributed by atoms with E-state index < -0.39 is 0 Å². The highest BCUT2D eigenvalue weighted by Crippen LogP contribution is 2.37. The zero-order valence-corrected chi connectivity index (χ0v) is 25.5. The second-order valence-electron chi connectivity index (χ2n) is 12.2. The topological polar surface area (TPSA) is 80.2 Å². The summed E-state index contributed by atoms with van der Waals surface area (Å²) in [6.45, 7) is 5.91. The van der Waals surface area contributed by atoms with Crippen molar-refractivity contribution in [2.75, 3.05) is 24.3 Å². The minimum absolute atomic E-state index is 0.0784. The van der Waals surface area contributed by atoms with Crippen LogP contribution in [0, 0.1) is 5.92 Å². The maximum atomic E-state index is 11.9. The monoisotopic (exact) mass is 597 g/mol. The van der Waals surface area contributed by atoms with Crippen LogP contribution in [0.4, 0.5) is 5.69 Å². The summed E-state index contributed by atoms with van der Waals surface area (Å²) in [5.74, 6) is 2.46. The van der Waals surface area contributed by atoms with E-state index in [0.717, 1.165) is 59.4 Å². The molecular formula is C32H37BClN7O2+. The fourth-order valence-electron chi connectivity index (χ4n) is 6.98. The fourth-order valence-corrected chi connectivity index (χ4v) is 7.05. The van der Waals surface area contributed by atoms with Gasteiger partial charge in [-0.05, 0) is 62.1 Å². The molecule has 2 aromatic heterocycles. The molecule has 1 aromatic carbocycles. The number of alkyl halides is 1. The lowest BCUT2D eigenvalue weighted by Gasteiger charge is -2.30. The van der Waals surface area contributed by atoms with Gasteiger partial charge < -0.3 is 14.5 Å². The van der Waals surface area contributed by atoms with Gasteiger partial charge in [-0.15, -0.1) is 16.7 Å². The summed E-state index contributed by atoms with van der Waals surface area (Å²) in [7, 11) is 2.17. The highest BCUT2D eigenvalue weighted by atomic mass is 35.5. The summed E-state index contributed by atoms with van der Waals surface area (Å²) < 4.78 is 12.6. The smallest absolute Gasteiger partial charge is 0.367 e. The molecule has 1 radical (unpaired) electrons. The predicted octanol–water partition coefficient (Wildman–Crippen LogP) is 4.61. The fraction of sp³-hybridized carbons (Fsp3) is 0.438. The van der Waals surface area contributed by atoms with Crippen molar-refractivity contribution in [2.24, 2.45) is 5.92 Å². The van der Waals surface area contributed by atoms with Crippen LogP contribution in [0.2, 0.25) is 0 Å². The van der Waals surface area contributed by atoms with E-state index in [2.05, 4.69) is 93.5 Å². The minimum Gasteiger partial charge on any atom is -0.367 e. The van der Waals surface area contributed by atoms with E-state index in [1.165, 1.54) is 32.1 Å². The van der Waals surface area contributed by atoms with E-state index in [9.17, 15) is 4.79 Å². The maximum Gasteiger partial charge on any atom is 0.553 e. The Morgan fingerprint density at radius 2 is 1.84 bits per heavy atom. The molecule has 3 aromatic rings. The third-order valence-electron chi connectivity index (χ3n) is 8.86.